The van der Waals surface area contributed by atoms with Gasteiger partial charge in [0.1, 0.15) is 0 Å². The van der Waals surface area contributed by atoms with Crippen molar-refractivity contribution in [2.45, 2.75) is 27.7 Å². The van der Waals surface area contributed by atoms with Crippen molar-refractivity contribution in [1.29, 1.82) is 0 Å². The van der Waals surface area contributed by atoms with Crippen LogP contribution in [0.25, 0.3) is 0 Å². The third-order valence-electron chi connectivity index (χ3n) is 0. The molecule has 0 saturated carbocycles. The zero-order chi connectivity index (χ0) is 9.86. The maximum absolute atomic E-state index is 4.93. The van der Waals surface area contributed by atoms with Crippen molar-refractivity contribution in [3.05, 3.63) is 13.8 Å². The molecule has 0 heterocycles. The maximum atomic E-state index is 4.93. The quantitative estimate of drug-likeness (QED) is 0.578. The number of rotatable bonds is 0. The van der Waals surface area contributed by atoms with Crippen molar-refractivity contribution in [3.8, 4) is 0 Å². The predicted molar refractivity (Wildman–Crippen MR) is 52.1 cm³/mol. The second kappa shape index (κ2) is 17.5. The van der Waals surface area contributed by atoms with E-state index in [1.165, 1.54) is 0 Å². The van der Waals surface area contributed by atoms with Gasteiger partial charge in [-0.1, -0.05) is 27.7 Å². The average molecular weight is 276 g/mol. The molecule has 3 heteroatoms. The standard InChI is InChI=1S/2C4H9.2ClH.Zr/c2*1-4(2)3;;;/h2*4H,1H2,2-3H3;2*1H;/q2*-1;;;+4/p-2. The fraction of sp³-hybridized carbons (Fsp3) is 0.750. The Labute approximate surface area is 90.7 Å². The van der Waals surface area contributed by atoms with Gasteiger partial charge in [0.25, 0.3) is 0 Å². The van der Waals surface area contributed by atoms with E-state index in [0.29, 0.717) is 11.8 Å². The number of hydrogen-bond acceptors (Lipinski definition) is 0. The predicted octanol–water partition coefficient (Wildman–Crippen LogP) is 4.33. The van der Waals surface area contributed by atoms with Gasteiger partial charge in [-0.25, -0.2) is 0 Å². The molecule has 0 aromatic heterocycles. The van der Waals surface area contributed by atoms with E-state index >= 15 is 0 Å². The summed E-state index contributed by atoms with van der Waals surface area (Å²) in [5, 5.41) is 0. The second-order valence-corrected chi connectivity index (χ2v) is 6.59. The average Bonchev–Trinajstić information content (AvgIpc) is 1.60. The van der Waals surface area contributed by atoms with Crippen LogP contribution in [-0.2, 0) is 20.8 Å². The van der Waals surface area contributed by atoms with Crippen LogP contribution in [0.5, 0.6) is 0 Å². The normalized spacial score (nSPS) is 7.45. The SMILES string of the molecule is [CH2-]C(C)C.[CH2-]C(C)C.[Cl][Zr+2][Cl]. The topological polar surface area (TPSA) is 0 Å². The Hall–Kier alpha value is 1.46. The molecule has 0 N–H and O–H groups in total. The summed E-state index contributed by atoms with van der Waals surface area (Å²) in [5.41, 5.74) is 0. The van der Waals surface area contributed by atoms with Crippen molar-refractivity contribution < 1.29 is 20.8 Å². The Morgan fingerprint density at radius 3 is 0.909 bits per heavy atom. The molecule has 0 atom stereocenters. The molecule has 0 aliphatic heterocycles. The minimum atomic E-state index is -0.826. The molecule has 0 nitrogen and oxygen atoms in total. The fourth-order valence-electron chi connectivity index (χ4n) is 0. The summed E-state index contributed by atoms with van der Waals surface area (Å²) in [6.07, 6.45) is 0. The molecule has 68 valence electrons. The van der Waals surface area contributed by atoms with Gasteiger partial charge in [-0.05, 0) is 0 Å². The van der Waals surface area contributed by atoms with Gasteiger partial charge in [-0.2, -0.15) is 11.8 Å². The summed E-state index contributed by atoms with van der Waals surface area (Å²) >= 11 is -0.826. The van der Waals surface area contributed by atoms with Crippen LogP contribution in [0.3, 0.4) is 0 Å². The van der Waals surface area contributed by atoms with Gasteiger partial charge in [0, 0.05) is 0 Å². The van der Waals surface area contributed by atoms with Crippen molar-refractivity contribution >= 4 is 17.0 Å². The van der Waals surface area contributed by atoms with Gasteiger partial charge >= 0.3 is 37.9 Å². The van der Waals surface area contributed by atoms with E-state index in [1.54, 1.807) is 0 Å². The van der Waals surface area contributed by atoms with Crippen molar-refractivity contribution in [1.82, 2.24) is 0 Å². The van der Waals surface area contributed by atoms with Gasteiger partial charge < -0.3 is 13.8 Å². The summed E-state index contributed by atoms with van der Waals surface area (Å²) in [4.78, 5) is 0. The summed E-state index contributed by atoms with van der Waals surface area (Å²) < 4.78 is 0. The zero-order valence-electron chi connectivity index (χ0n) is 7.82. The Morgan fingerprint density at radius 1 is 0.909 bits per heavy atom. The third kappa shape index (κ3) is 480. The van der Waals surface area contributed by atoms with Gasteiger partial charge in [0.2, 0.25) is 0 Å². The summed E-state index contributed by atoms with van der Waals surface area (Å²) in [6.45, 7) is 15.5. The van der Waals surface area contributed by atoms with E-state index in [2.05, 4.69) is 41.5 Å². The number of hydrogen-bond donors (Lipinski definition) is 0. The van der Waals surface area contributed by atoms with Gasteiger partial charge in [-0.3, -0.25) is 0 Å². The van der Waals surface area contributed by atoms with Crippen LogP contribution in [0.2, 0.25) is 0 Å². The molecule has 0 aliphatic rings. The molecule has 0 aromatic rings. The first-order valence-electron chi connectivity index (χ1n) is 3.50. The van der Waals surface area contributed by atoms with Gasteiger partial charge in [0.05, 0.1) is 0 Å². The first-order valence-corrected chi connectivity index (χ1v) is 9.83. The van der Waals surface area contributed by atoms with Crippen molar-refractivity contribution in [3.63, 3.8) is 0 Å². The molecule has 0 aromatic carbocycles. The Balaban J connectivity index is -0.0000000886. The van der Waals surface area contributed by atoms with E-state index in [0.717, 1.165) is 0 Å². The van der Waals surface area contributed by atoms with Crippen LogP contribution >= 0.6 is 17.0 Å². The van der Waals surface area contributed by atoms with Gasteiger partial charge in [0.15, 0.2) is 0 Å². The Morgan fingerprint density at radius 2 is 0.909 bits per heavy atom. The molecular formula is C8H18Cl2Zr. The number of halogens is 2. The molecule has 0 unspecified atom stereocenters. The van der Waals surface area contributed by atoms with E-state index in [4.69, 9.17) is 17.0 Å². The van der Waals surface area contributed by atoms with Crippen LogP contribution in [0.1, 0.15) is 27.7 Å². The molecule has 0 aliphatic carbocycles. The molecule has 0 spiro atoms. The summed E-state index contributed by atoms with van der Waals surface area (Å²) in [6, 6.07) is 0. The molecular weight excluding hydrogens is 258 g/mol. The van der Waals surface area contributed by atoms with Crippen molar-refractivity contribution in [2.75, 3.05) is 0 Å². The third-order valence-corrected chi connectivity index (χ3v) is 0. The minimum absolute atomic E-state index is 0.583. The molecule has 0 saturated heterocycles. The summed E-state index contributed by atoms with van der Waals surface area (Å²) in [7, 11) is 9.87. The first kappa shape index (κ1) is 18.3. The monoisotopic (exact) mass is 274 g/mol. The van der Waals surface area contributed by atoms with E-state index in [9.17, 15) is 0 Å². The molecule has 0 rings (SSSR count). The molecule has 0 radical (unpaired) electrons. The molecule has 11 heavy (non-hydrogen) atoms. The molecule has 0 bridgehead atoms. The van der Waals surface area contributed by atoms with Crippen LogP contribution in [0, 0.1) is 25.7 Å². The van der Waals surface area contributed by atoms with E-state index in [1.807, 2.05) is 0 Å². The zero-order valence-corrected chi connectivity index (χ0v) is 11.8. The molecule has 0 fully saturated rings. The van der Waals surface area contributed by atoms with Gasteiger partial charge in [-0.15, -0.1) is 0 Å². The Bertz CT molecular complexity index is 35.8. The van der Waals surface area contributed by atoms with Crippen molar-refractivity contribution in [2.24, 2.45) is 11.8 Å². The first-order chi connectivity index (χ1) is 4.88. The van der Waals surface area contributed by atoms with Crippen LogP contribution in [0.15, 0.2) is 0 Å². The molecule has 0 amide bonds. The Kier molecular flexibility index (Phi) is 29.1. The van der Waals surface area contributed by atoms with Crippen LogP contribution in [-0.4, -0.2) is 0 Å². The van der Waals surface area contributed by atoms with Crippen LogP contribution in [0.4, 0.5) is 0 Å². The fourth-order valence-corrected chi connectivity index (χ4v) is 0. The second-order valence-electron chi connectivity index (χ2n) is 2.86. The van der Waals surface area contributed by atoms with E-state index < -0.39 is 20.8 Å². The van der Waals surface area contributed by atoms with Crippen LogP contribution < -0.4 is 0 Å². The summed E-state index contributed by atoms with van der Waals surface area (Å²) in [5.74, 6) is 1.17. The van der Waals surface area contributed by atoms with E-state index in [-0.39, 0.29) is 0 Å².